The molecule has 32 heavy (non-hydrogen) atoms. The van der Waals surface area contributed by atoms with Crippen molar-refractivity contribution in [2.24, 2.45) is 58.2 Å². The maximum Gasteiger partial charge on any atom is 0.102 e. The third-order valence-corrected chi connectivity index (χ3v) is 12.3. The molecule has 0 unspecified atom stereocenters. The minimum Gasteiger partial charge on any atom is -0.393 e. The summed E-state index contributed by atoms with van der Waals surface area (Å²) in [6, 6.07) is 0. The van der Waals surface area contributed by atoms with E-state index >= 15 is 0 Å². The fraction of sp³-hybridized carbons (Fsp3) is 0.931. The quantitative estimate of drug-likeness (QED) is 0.496. The number of aliphatic hydroxyl groups is 3. The van der Waals surface area contributed by atoms with Crippen molar-refractivity contribution < 1.29 is 15.3 Å². The molecule has 0 saturated heterocycles. The lowest BCUT2D eigenvalue weighted by molar-refractivity contribution is -0.210. The predicted molar refractivity (Wildman–Crippen MR) is 129 cm³/mol. The van der Waals surface area contributed by atoms with Gasteiger partial charge in [0.15, 0.2) is 0 Å². The number of rotatable bonds is 4. The Morgan fingerprint density at radius 2 is 1.62 bits per heavy atom. The van der Waals surface area contributed by atoms with E-state index in [1.165, 1.54) is 31.3 Å². The van der Waals surface area contributed by atoms with E-state index in [1.54, 1.807) is 0 Å². The molecule has 0 aromatic carbocycles. The van der Waals surface area contributed by atoms with Crippen LogP contribution in [0.25, 0.3) is 0 Å². The molecule has 0 aliphatic heterocycles. The molecular formula is C29H48O3. The van der Waals surface area contributed by atoms with Crippen molar-refractivity contribution in [1.82, 2.24) is 0 Å². The zero-order chi connectivity index (χ0) is 23.2. The van der Waals surface area contributed by atoms with E-state index in [9.17, 15) is 15.3 Å². The van der Waals surface area contributed by atoms with Gasteiger partial charge in [0.2, 0.25) is 0 Å². The highest BCUT2D eigenvalue weighted by atomic mass is 16.3. The Morgan fingerprint density at radius 1 is 0.906 bits per heavy atom. The first kappa shape index (κ1) is 23.4. The van der Waals surface area contributed by atoms with E-state index in [0.717, 1.165) is 54.8 Å². The van der Waals surface area contributed by atoms with Gasteiger partial charge in [0.05, 0.1) is 6.10 Å². The third-order valence-electron chi connectivity index (χ3n) is 12.3. The van der Waals surface area contributed by atoms with Crippen molar-refractivity contribution in [3.63, 3.8) is 0 Å². The first-order valence-electron chi connectivity index (χ1n) is 13.7. The number of allylic oxidation sites excluding steroid dienone is 1. The molecule has 0 radical (unpaired) electrons. The van der Waals surface area contributed by atoms with Crippen LogP contribution in [0, 0.1) is 58.2 Å². The van der Waals surface area contributed by atoms with Crippen LogP contribution >= 0.6 is 0 Å². The van der Waals surface area contributed by atoms with Crippen molar-refractivity contribution in [3.05, 3.63) is 11.6 Å². The molecule has 0 heterocycles. The minimum atomic E-state index is -1.19. The van der Waals surface area contributed by atoms with Gasteiger partial charge in [-0.25, -0.2) is 0 Å². The molecule has 3 nitrogen and oxygen atoms in total. The average molecular weight is 445 g/mol. The predicted octanol–water partition coefficient (Wildman–Crippen LogP) is 5.58. The Hall–Kier alpha value is -0.380. The van der Waals surface area contributed by atoms with Crippen molar-refractivity contribution in [1.29, 1.82) is 0 Å². The van der Waals surface area contributed by atoms with Crippen LogP contribution in [0.1, 0.15) is 92.9 Å². The molecule has 12 atom stereocenters. The van der Waals surface area contributed by atoms with Gasteiger partial charge in [-0.2, -0.15) is 0 Å². The first-order chi connectivity index (χ1) is 14.9. The van der Waals surface area contributed by atoms with Crippen molar-refractivity contribution in [2.75, 3.05) is 0 Å². The Bertz CT molecular complexity index is 774. The van der Waals surface area contributed by atoms with Gasteiger partial charge in [-0.05, 0) is 97.7 Å². The topological polar surface area (TPSA) is 60.7 Å². The van der Waals surface area contributed by atoms with Gasteiger partial charge in [-0.3, -0.25) is 0 Å². The lowest BCUT2D eigenvalue weighted by atomic mass is 9.45. The summed E-state index contributed by atoms with van der Waals surface area (Å²) in [7, 11) is 0. The van der Waals surface area contributed by atoms with Gasteiger partial charge in [-0.15, -0.1) is 0 Å². The second-order valence-corrected chi connectivity index (χ2v) is 13.7. The van der Waals surface area contributed by atoms with Gasteiger partial charge in [-0.1, -0.05) is 53.2 Å². The molecule has 0 spiro atoms. The summed E-state index contributed by atoms with van der Waals surface area (Å²) >= 11 is 0. The summed E-state index contributed by atoms with van der Waals surface area (Å²) in [6.45, 7) is 14.5. The summed E-state index contributed by atoms with van der Waals surface area (Å²) in [5.41, 5.74) is 0.281. The highest BCUT2D eigenvalue weighted by Gasteiger charge is 2.65. The molecule has 0 bridgehead atoms. The van der Waals surface area contributed by atoms with Crippen LogP contribution in [-0.4, -0.2) is 33.1 Å². The summed E-state index contributed by atoms with van der Waals surface area (Å²) in [5, 5.41) is 33.1. The summed E-state index contributed by atoms with van der Waals surface area (Å²) in [6.07, 6.45) is 8.93. The van der Waals surface area contributed by atoms with E-state index in [1.807, 2.05) is 0 Å². The summed E-state index contributed by atoms with van der Waals surface area (Å²) < 4.78 is 0. The van der Waals surface area contributed by atoms with Gasteiger partial charge in [0.1, 0.15) is 11.7 Å². The number of hydrogen-bond acceptors (Lipinski definition) is 3. The smallest absolute Gasteiger partial charge is 0.102 e. The first-order valence-corrected chi connectivity index (χ1v) is 13.7. The number of aliphatic hydroxyl groups excluding tert-OH is 2. The van der Waals surface area contributed by atoms with Crippen LogP contribution in [-0.2, 0) is 0 Å². The van der Waals surface area contributed by atoms with E-state index in [4.69, 9.17) is 0 Å². The summed E-state index contributed by atoms with van der Waals surface area (Å²) in [4.78, 5) is 0. The Labute approximate surface area is 196 Å². The highest BCUT2D eigenvalue weighted by molar-refractivity contribution is 5.33. The Kier molecular flexibility index (Phi) is 5.52. The minimum absolute atomic E-state index is 0.309. The SMILES string of the molecule is CC(C)[C@@H](C)[C@H]1C[C@@H]1[C@@H](C)[C@H]1CC[C@@H]2C3=C[C@@H](O)[C@@]4(O)C[C@@H](O)CC[C@]4(C)[C@@H]3CC[C@@]21C. The lowest BCUT2D eigenvalue weighted by Gasteiger charge is -2.62. The highest BCUT2D eigenvalue weighted by Crippen LogP contribution is 2.69. The summed E-state index contributed by atoms with van der Waals surface area (Å²) in [5.74, 6) is 5.91. The van der Waals surface area contributed by atoms with E-state index < -0.39 is 17.8 Å². The van der Waals surface area contributed by atoms with Gasteiger partial charge >= 0.3 is 0 Å². The maximum atomic E-state index is 11.6. The fourth-order valence-corrected chi connectivity index (χ4v) is 9.69. The largest absolute Gasteiger partial charge is 0.393 e. The average Bonchev–Trinajstić information content (AvgIpc) is 3.44. The maximum absolute atomic E-state index is 11.6. The molecule has 0 aromatic heterocycles. The van der Waals surface area contributed by atoms with Gasteiger partial charge in [0, 0.05) is 11.8 Å². The Balaban J connectivity index is 1.40. The molecule has 5 aliphatic carbocycles. The van der Waals surface area contributed by atoms with E-state index in [2.05, 4.69) is 47.6 Å². The van der Waals surface area contributed by atoms with Crippen LogP contribution in [0.3, 0.4) is 0 Å². The van der Waals surface area contributed by atoms with Gasteiger partial charge < -0.3 is 15.3 Å². The molecule has 5 rings (SSSR count). The van der Waals surface area contributed by atoms with Crippen LogP contribution in [0.5, 0.6) is 0 Å². The lowest BCUT2D eigenvalue weighted by Crippen LogP contribution is -2.65. The zero-order valence-corrected chi connectivity index (χ0v) is 21.3. The van der Waals surface area contributed by atoms with Crippen molar-refractivity contribution in [3.8, 4) is 0 Å². The van der Waals surface area contributed by atoms with Gasteiger partial charge in [0.25, 0.3) is 0 Å². The van der Waals surface area contributed by atoms with E-state index in [0.29, 0.717) is 23.7 Å². The number of fused-ring (bicyclic) bond motifs is 5. The van der Waals surface area contributed by atoms with Crippen LogP contribution in [0.2, 0.25) is 0 Å². The van der Waals surface area contributed by atoms with Crippen LogP contribution in [0.15, 0.2) is 11.6 Å². The number of hydrogen-bond donors (Lipinski definition) is 3. The van der Waals surface area contributed by atoms with E-state index in [-0.39, 0.29) is 5.41 Å². The molecule has 4 saturated carbocycles. The Morgan fingerprint density at radius 3 is 2.31 bits per heavy atom. The van der Waals surface area contributed by atoms with Crippen molar-refractivity contribution >= 4 is 0 Å². The molecule has 182 valence electrons. The molecule has 3 N–H and O–H groups in total. The third kappa shape index (κ3) is 3.09. The molecule has 4 fully saturated rings. The van der Waals surface area contributed by atoms with Crippen LogP contribution in [0.4, 0.5) is 0 Å². The van der Waals surface area contributed by atoms with Crippen LogP contribution < -0.4 is 0 Å². The molecule has 3 heteroatoms. The second-order valence-electron chi connectivity index (χ2n) is 13.7. The zero-order valence-electron chi connectivity index (χ0n) is 21.3. The second kappa shape index (κ2) is 7.56. The molecule has 0 amide bonds. The standard InChI is InChI=1S/C29H48O3/c1-16(2)17(3)20-13-21(20)18(4)23-7-8-24-22-14-26(31)29(32)15-19(30)9-12-28(29,6)25(22)10-11-27(23,24)5/h14,16-21,23-26,30-32H,7-13,15H2,1-6H3/t17-,18-,19+,20-,21-,23-,24-,25-,26-,27-,28-,29+/m1/s1. The molecule has 0 aromatic rings. The normalized spacial score (nSPS) is 54.3. The van der Waals surface area contributed by atoms with Crippen molar-refractivity contribution in [2.45, 2.75) is 111 Å². The molecular weight excluding hydrogens is 396 g/mol. The molecule has 5 aliphatic rings. The fourth-order valence-electron chi connectivity index (χ4n) is 9.69. The monoisotopic (exact) mass is 444 g/mol.